The third-order valence-corrected chi connectivity index (χ3v) is 6.78. The predicted molar refractivity (Wildman–Crippen MR) is 127 cm³/mol. The van der Waals surface area contributed by atoms with Crippen molar-refractivity contribution in [1.29, 1.82) is 0 Å². The van der Waals surface area contributed by atoms with Crippen molar-refractivity contribution in [1.82, 2.24) is 19.7 Å². The van der Waals surface area contributed by atoms with Crippen LogP contribution in [0.15, 0.2) is 17.2 Å². The Morgan fingerprint density at radius 3 is 2.25 bits per heavy atom. The fourth-order valence-corrected chi connectivity index (χ4v) is 5.04. The zero-order chi connectivity index (χ0) is 23.5. The lowest BCUT2D eigenvalue weighted by molar-refractivity contribution is 0.0775. The highest BCUT2D eigenvalue weighted by molar-refractivity contribution is 5.99. The first kappa shape index (κ1) is 24.5. The highest BCUT2D eigenvalue weighted by Crippen LogP contribution is 2.28. The second-order valence-corrected chi connectivity index (χ2v) is 10.3. The highest BCUT2D eigenvalue weighted by atomic mass is 16.2. The summed E-state index contributed by atoms with van der Waals surface area (Å²) in [5.41, 5.74) is -0.742. The fourth-order valence-electron chi connectivity index (χ4n) is 5.04. The summed E-state index contributed by atoms with van der Waals surface area (Å²) < 4.78 is 1.96. The average molecular weight is 445 g/mol. The van der Waals surface area contributed by atoms with Crippen molar-refractivity contribution in [2.75, 3.05) is 26.2 Å². The quantitative estimate of drug-likeness (QED) is 0.729. The molecular formula is C25H40N4O3. The number of hydrogen-bond donors (Lipinski definition) is 1. The maximum absolute atomic E-state index is 13.5. The van der Waals surface area contributed by atoms with E-state index in [9.17, 15) is 14.4 Å². The molecule has 1 atom stereocenters. The Kier molecular flexibility index (Phi) is 7.80. The van der Waals surface area contributed by atoms with Crippen molar-refractivity contribution in [3.8, 4) is 0 Å². The van der Waals surface area contributed by atoms with E-state index in [1.807, 2.05) is 25.3 Å². The van der Waals surface area contributed by atoms with Gasteiger partial charge in [-0.25, -0.2) is 0 Å². The molecule has 0 aromatic carbocycles. The number of carbonyl (C=O) groups is 2. The highest BCUT2D eigenvalue weighted by Gasteiger charge is 2.32. The van der Waals surface area contributed by atoms with Gasteiger partial charge in [-0.3, -0.25) is 19.3 Å². The van der Waals surface area contributed by atoms with Crippen molar-refractivity contribution in [2.45, 2.75) is 90.8 Å². The molecule has 1 aliphatic carbocycles. The molecule has 0 radical (unpaired) electrons. The molecule has 2 amide bonds. The SMILES string of the molecule is CCN(CC)C1CCN(C(=O)c2cn(C3CCCCC3)cc(C(=O)NC(C)(C)C)c2=O)C1. The number of rotatable bonds is 6. The number of pyridine rings is 1. The molecule has 0 bridgehead atoms. The summed E-state index contributed by atoms with van der Waals surface area (Å²) in [6.07, 6.45) is 9.75. The number of nitrogens with one attached hydrogen (secondary N) is 1. The fraction of sp³-hybridized carbons (Fsp3) is 0.720. The molecular weight excluding hydrogens is 404 g/mol. The summed E-state index contributed by atoms with van der Waals surface area (Å²) in [5.74, 6) is -0.663. The molecule has 2 aliphatic rings. The molecule has 1 aromatic rings. The van der Waals surface area contributed by atoms with Gasteiger partial charge in [-0.15, -0.1) is 0 Å². The zero-order valence-electron chi connectivity index (χ0n) is 20.4. The molecule has 2 heterocycles. The number of aromatic nitrogens is 1. The van der Waals surface area contributed by atoms with Gasteiger partial charge in [0.05, 0.1) is 0 Å². The van der Waals surface area contributed by atoms with Crippen molar-refractivity contribution < 1.29 is 9.59 Å². The first-order chi connectivity index (χ1) is 15.1. The van der Waals surface area contributed by atoms with Gasteiger partial charge in [0.15, 0.2) is 0 Å². The predicted octanol–water partition coefficient (Wildman–Crippen LogP) is 3.44. The van der Waals surface area contributed by atoms with Crippen LogP contribution in [0.25, 0.3) is 0 Å². The summed E-state index contributed by atoms with van der Waals surface area (Å²) >= 11 is 0. The molecule has 1 N–H and O–H groups in total. The van der Waals surface area contributed by atoms with E-state index < -0.39 is 16.9 Å². The van der Waals surface area contributed by atoms with Crippen LogP contribution in [0, 0.1) is 0 Å². The van der Waals surface area contributed by atoms with Gasteiger partial charge in [-0.1, -0.05) is 33.1 Å². The van der Waals surface area contributed by atoms with E-state index >= 15 is 0 Å². The first-order valence-electron chi connectivity index (χ1n) is 12.3. The Hall–Kier alpha value is -2.15. The number of amides is 2. The Labute approximate surface area is 192 Å². The number of hydrogen-bond acceptors (Lipinski definition) is 4. The van der Waals surface area contributed by atoms with Gasteiger partial charge in [0.25, 0.3) is 11.8 Å². The van der Waals surface area contributed by atoms with Gasteiger partial charge in [0.2, 0.25) is 5.43 Å². The monoisotopic (exact) mass is 444 g/mol. The minimum atomic E-state index is -0.467. The lowest BCUT2D eigenvalue weighted by Crippen LogP contribution is -2.44. The van der Waals surface area contributed by atoms with E-state index in [1.54, 1.807) is 17.3 Å². The van der Waals surface area contributed by atoms with E-state index in [1.165, 1.54) is 6.42 Å². The van der Waals surface area contributed by atoms with Gasteiger partial charge in [-0.05, 0) is 53.1 Å². The van der Waals surface area contributed by atoms with Gasteiger partial charge in [0.1, 0.15) is 11.1 Å². The molecule has 0 spiro atoms. The number of carbonyl (C=O) groups excluding carboxylic acids is 2. The van der Waals surface area contributed by atoms with Crippen LogP contribution in [-0.4, -0.2) is 63.9 Å². The maximum Gasteiger partial charge on any atom is 0.259 e. The van der Waals surface area contributed by atoms with Crippen LogP contribution in [0.5, 0.6) is 0 Å². The van der Waals surface area contributed by atoms with Crippen LogP contribution in [0.1, 0.15) is 99.9 Å². The standard InChI is InChI=1S/C25H40N4O3/c1-6-27(7-2)19-13-14-28(15-19)24(32)21-17-29(18-11-9-8-10-12-18)16-20(22(21)30)23(31)26-25(3,4)5/h16-19H,6-15H2,1-5H3,(H,26,31). The van der Waals surface area contributed by atoms with E-state index in [0.717, 1.165) is 45.2 Å². The molecule has 1 unspecified atom stereocenters. The Bertz CT molecular complexity index is 876. The van der Waals surface area contributed by atoms with Gasteiger partial charge in [-0.2, -0.15) is 0 Å². The molecule has 32 heavy (non-hydrogen) atoms. The normalized spacial score (nSPS) is 20.1. The Morgan fingerprint density at radius 1 is 1.03 bits per heavy atom. The van der Waals surface area contributed by atoms with Crippen LogP contribution in [0.3, 0.4) is 0 Å². The first-order valence-corrected chi connectivity index (χ1v) is 12.3. The number of likely N-dealkylation sites (N-methyl/N-ethyl adjacent to an activating group) is 1. The van der Waals surface area contributed by atoms with Crippen molar-refractivity contribution in [3.05, 3.63) is 33.7 Å². The van der Waals surface area contributed by atoms with Crippen LogP contribution < -0.4 is 10.7 Å². The second kappa shape index (κ2) is 10.2. The summed E-state index contributed by atoms with van der Waals surface area (Å²) in [6.45, 7) is 13.1. The molecule has 1 aliphatic heterocycles. The second-order valence-electron chi connectivity index (χ2n) is 10.3. The van der Waals surface area contributed by atoms with Crippen LogP contribution in [0.2, 0.25) is 0 Å². The van der Waals surface area contributed by atoms with Gasteiger partial charge < -0.3 is 14.8 Å². The molecule has 178 valence electrons. The summed E-state index contributed by atoms with van der Waals surface area (Å²) in [7, 11) is 0. The molecule has 1 aromatic heterocycles. The van der Waals surface area contributed by atoms with Crippen molar-refractivity contribution >= 4 is 11.8 Å². The molecule has 3 rings (SSSR count). The topological polar surface area (TPSA) is 74.7 Å². The Balaban J connectivity index is 1.95. The van der Waals surface area contributed by atoms with E-state index in [-0.39, 0.29) is 23.1 Å². The largest absolute Gasteiger partial charge is 0.349 e. The van der Waals surface area contributed by atoms with Gasteiger partial charge >= 0.3 is 0 Å². The van der Waals surface area contributed by atoms with Crippen molar-refractivity contribution in [3.63, 3.8) is 0 Å². The van der Waals surface area contributed by atoms with Crippen molar-refractivity contribution in [2.24, 2.45) is 0 Å². The number of nitrogens with zero attached hydrogens (tertiary/aromatic N) is 3. The van der Waals surface area contributed by atoms with E-state index in [0.29, 0.717) is 19.1 Å². The van der Waals surface area contributed by atoms with E-state index in [4.69, 9.17) is 0 Å². The summed E-state index contributed by atoms with van der Waals surface area (Å²) in [5, 5.41) is 2.90. The minimum Gasteiger partial charge on any atom is -0.349 e. The molecule has 2 fully saturated rings. The van der Waals surface area contributed by atoms with Crippen LogP contribution >= 0.6 is 0 Å². The number of likely N-dealkylation sites (tertiary alicyclic amines) is 1. The van der Waals surface area contributed by atoms with Crippen LogP contribution in [0.4, 0.5) is 0 Å². The average Bonchev–Trinajstić information content (AvgIpc) is 3.23. The maximum atomic E-state index is 13.5. The molecule has 7 nitrogen and oxygen atoms in total. The van der Waals surface area contributed by atoms with Gasteiger partial charge in [0, 0.05) is 43.1 Å². The molecule has 7 heteroatoms. The lowest BCUT2D eigenvalue weighted by Gasteiger charge is -2.27. The van der Waals surface area contributed by atoms with Crippen LogP contribution in [-0.2, 0) is 0 Å². The summed E-state index contributed by atoms with van der Waals surface area (Å²) in [6, 6.07) is 0.543. The smallest absolute Gasteiger partial charge is 0.259 e. The summed E-state index contributed by atoms with van der Waals surface area (Å²) in [4.78, 5) is 43.9. The Morgan fingerprint density at radius 2 is 1.66 bits per heavy atom. The minimum absolute atomic E-state index is 0.0656. The lowest BCUT2D eigenvalue weighted by atomic mass is 9.95. The molecule has 1 saturated carbocycles. The molecule has 1 saturated heterocycles. The zero-order valence-corrected chi connectivity index (χ0v) is 20.4. The third kappa shape index (κ3) is 5.61. The van der Waals surface area contributed by atoms with E-state index in [2.05, 4.69) is 24.1 Å². The third-order valence-electron chi connectivity index (χ3n) is 6.78.